The molecule has 0 amide bonds. The predicted octanol–water partition coefficient (Wildman–Crippen LogP) is 4.12. The average Bonchev–Trinajstić information content (AvgIpc) is 3.06. The zero-order valence-corrected chi connectivity index (χ0v) is 14.4. The van der Waals surface area contributed by atoms with E-state index in [9.17, 15) is 9.90 Å². The topological polar surface area (TPSA) is 69.5 Å². The van der Waals surface area contributed by atoms with Gasteiger partial charge >= 0.3 is 5.63 Å². The molecule has 1 fully saturated rings. The molecule has 0 unspecified atom stereocenters. The van der Waals surface area contributed by atoms with Crippen molar-refractivity contribution in [2.75, 3.05) is 13.1 Å². The van der Waals surface area contributed by atoms with Crippen LogP contribution in [0.5, 0.6) is 5.75 Å². The number of aromatic amines is 1. The van der Waals surface area contributed by atoms with Crippen LogP contribution in [0.2, 0.25) is 0 Å². The lowest BCUT2D eigenvalue weighted by molar-refractivity contribution is 0.219. The highest BCUT2D eigenvalue weighted by Gasteiger charge is 2.20. The fourth-order valence-electron chi connectivity index (χ4n) is 4.17. The van der Waals surface area contributed by atoms with Gasteiger partial charge in [-0.2, -0.15) is 0 Å². The number of phenolic OH excluding ortho intramolecular Hbond substituents is 1. The van der Waals surface area contributed by atoms with Crippen molar-refractivity contribution < 1.29 is 9.52 Å². The fourth-order valence-corrected chi connectivity index (χ4v) is 4.17. The monoisotopic (exact) mass is 348 g/mol. The first-order chi connectivity index (χ1) is 12.7. The van der Waals surface area contributed by atoms with Gasteiger partial charge in [-0.3, -0.25) is 4.90 Å². The SMILES string of the molecule is O=c1oc2ccccc2c2[nH]c3ccc(O)c(CN4CCCCC4)c3c12. The van der Waals surface area contributed by atoms with Crippen molar-refractivity contribution >= 4 is 32.8 Å². The minimum atomic E-state index is -0.365. The van der Waals surface area contributed by atoms with Crippen molar-refractivity contribution in [3.8, 4) is 5.75 Å². The molecule has 132 valence electrons. The molecular weight excluding hydrogens is 328 g/mol. The van der Waals surface area contributed by atoms with E-state index in [4.69, 9.17) is 4.42 Å². The summed E-state index contributed by atoms with van der Waals surface area (Å²) in [6.07, 6.45) is 3.62. The van der Waals surface area contributed by atoms with Crippen molar-refractivity contribution in [2.24, 2.45) is 0 Å². The molecule has 0 aliphatic carbocycles. The second kappa shape index (κ2) is 5.88. The van der Waals surface area contributed by atoms with Crippen LogP contribution in [0.15, 0.2) is 45.6 Å². The lowest BCUT2D eigenvalue weighted by atomic mass is 10.0. The lowest BCUT2D eigenvalue weighted by Crippen LogP contribution is -2.29. The maximum Gasteiger partial charge on any atom is 0.346 e. The summed E-state index contributed by atoms with van der Waals surface area (Å²) < 4.78 is 5.56. The number of nitrogens with one attached hydrogen (secondary N) is 1. The summed E-state index contributed by atoms with van der Waals surface area (Å²) in [5.74, 6) is 0.233. The van der Waals surface area contributed by atoms with E-state index in [1.54, 1.807) is 12.1 Å². The van der Waals surface area contributed by atoms with Crippen LogP contribution in [0.4, 0.5) is 0 Å². The molecule has 1 aliphatic heterocycles. The average molecular weight is 348 g/mol. The van der Waals surface area contributed by atoms with E-state index in [1.807, 2.05) is 24.3 Å². The Morgan fingerprint density at radius 3 is 2.69 bits per heavy atom. The molecule has 4 aromatic rings. The third kappa shape index (κ3) is 2.31. The smallest absolute Gasteiger partial charge is 0.346 e. The number of hydrogen-bond donors (Lipinski definition) is 2. The summed E-state index contributed by atoms with van der Waals surface area (Å²) in [6.45, 7) is 2.69. The first kappa shape index (κ1) is 15.5. The Labute approximate surface area is 149 Å². The van der Waals surface area contributed by atoms with Gasteiger partial charge in [-0.1, -0.05) is 18.6 Å². The summed E-state index contributed by atoms with van der Waals surface area (Å²) in [7, 11) is 0. The Morgan fingerprint density at radius 2 is 1.85 bits per heavy atom. The van der Waals surface area contributed by atoms with Gasteiger partial charge in [0.2, 0.25) is 0 Å². The van der Waals surface area contributed by atoms with Crippen LogP contribution in [0.3, 0.4) is 0 Å². The molecule has 5 rings (SSSR count). The third-order valence-electron chi connectivity index (χ3n) is 5.44. The molecule has 0 atom stereocenters. The number of likely N-dealkylation sites (tertiary alicyclic amines) is 1. The van der Waals surface area contributed by atoms with Gasteiger partial charge in [0.15, 0.2) is 0 Å². The minimum Gasteiger partial charge on any atom is -0.508 e. The molecule has 1 saturated heterocycles. The summed E-state index contributed by atoms with van der Waals surface area (Å²) >= 11 is 0. The van der Waals surface area contributed by atoms with E-state index in [2.05, 4.69) is 9.88 Å². The maximum atomic E-state index is 12.7. The maximum absolute atomic E-state index is 12.7. The summed E-state index contributed by atoms with van der Waals surface area (Å²) in [4.78, 5) is 18.5. The van der Waals surface area contributed by atoms with Crippen molar-refractivity contribution in [1.82, 2.24) is 9.88 Å². The number of hydrogen-bond acceptors (Lipinski definition) is 4. The fraction of sp³-hybridized carbons (Fsp3) is 0.286. The Bertz CT molecular complexity index is 1180. The Kier molecular flexibility index (Phi) is 3.50. The predicted molar refractivity (Wildman–Crippen MR) is 103 cm³/mol. The number of piperidine rings is 1. The van der Waals surface area contributed by atoms with E-state index in [0.717, 1.165) is 40.5 Å². The first-order valence-electron chi connectivity index (χ1n) is 9.13. The van der Waals surface area contributed by atoms with E-state index in [1.165, 1.54) is 19.3 Å². The zero-order valence-electron chi connectivity index (χ0n) is 14.4. The summed E-state index contributed by atoms with van der Waals surface area (Å²) in [6, 6.07) is 11.1. The second-order valence-corrected chi connectivity index (χ2v) is 7.08. The van der Waals surface area contributed by atoms with Gasteiger partial charge in [-0.05, 0) is 50.2 Å². The van der Waals surface area contributed by atoms with Crippen LogP contribution in [-0.4, -0.2) is 28.1 Å². The van der Waals surface area contributed by atoms with Gasteiger partial charge in [0, 0.05) is 28.4 Å². The van der Waals surface area contributed by atoms with Crippen LogP contribution in [0.25, 0.3) is 32.8 Å². The first-order valence-corrected chi connectivity index (χ1v) is 9.13. The summed E-state index contributed by atoms with van der Waals surface area (Å²) in [5, 5.41) is 12.7. The number of H-pyrrole nitrogens is 1. The molecule has 0 saturated carbocycles. The van der Waals surface area contributed by atoms with Crippen LogP contribution in [0, 0.1) is 0 Å². The van der Waals surface area contributed by atoms with Crippen molar-refractivity contribution in [3.05, 3.63) is 52.4 Å². The minimum absolute atomic E-state index is 0.233. The van der Waals surface area contributed by atoms with Gasteiger partial charge in [0.05, 0.1) is 10.9 Å². The van der Waals surface area contributed by atoms with Gasteiger partial charge in [0.25, 0.3) is 0 Å². The molecule has 2 aromatic heterocycles. The number of nitrogens with zero attached hydrogens (tertiary/aromatic N) is 1. The summed E-state index contributed by atoms with van der Waals surface area (Å²) in [5.41, 5.74) is 2.64. The second-order valence-electron chi connectivity index (χ2n) is 7.08. The number of phenols is 1. The number of fused-ring (bicyclic) bond motifs is 5. The molecule has 0 spiro atoms. The van der Waals surface area contributed by atoms with Crippen LogP contribution in [-0.2, 0) is 6.54 Å². The molecule has 2 aromatic carbocycles. The van der Waals surface area contributed by atoms with Crippen LogP contribution in [0.1, 0.15) is 24.8 Å². The Hall–Kier alpha value is -2.79. The lowest BCUT2D eigenvalue weighted by Gasteiger charge is -2.27. The third-order valence-corrected chi connectivity index (χ3v) is 5.44. The van der Waals surface area contributed by atoms with Crippen LogP contribution < -0.4 is 5.63 Å². The Balaban J connectivity index is 1.82. The normalized spacial score (nSPS) is 16.0. The Morgan fingerprint density at radius 1 is 1.04 bits per heavy atom. The number of benzene rings is 2. The number of rotatable bonds is 2. The van der Waals surface area contributed by atoms with Crippen molar-refractivity contribution in [2.45, 2.75) is 25.8 Å². The van der Waals surface area contributed by atoms with Crippen molar-refractivity contribution in [3.63, 3.8) is 0 Å². The van der Waals surface area contributed by atoms with Gasteiger partial charge in [0.1, 0.15) is 11.3 Å². The van der Waals surface area contributed by atoms with E-state index in [-0.39, 0.29) is 11.4 Å². The standard InChI is InChI=1S/C21H20N2O3/c24-16-9-8-15-18(14(16)12-23-10-4-1-5-11-23)19-20(22-15)13-6-2-3-7-17(13)26-21(19)25/h2-3,6-9,22,24H,1,4-5,10-12H2. The molecule has 26 heavy (non-hydrogen) atoms. The van der Waals surface area contributed by atoms with E-state index < -0.39 is 0 Å². The molecule has 0 radical (unpaired) electrons. The quantitative estimate of drug-likeness (QED) is 0.535. The molecule has 5 nitrogen and oxygen atoms in total. The van der Waals surface area contributed by atoms with Gasteiger partial charge in [-0.25, -0.2) is 4.79 Å². The van der Waals surface area contributed by atoms with E-state index >= 15 is 0 Å². The number of aromatic nitrogens is 1. The molecule has 2 N–H and O–H groups in total. The number of para-hydroxylation sites is 1. The molecule has 3 heterocycles. The highest BCUT2D eigenvalue weighted by molar-refractivity contribution is 6.16. The highest BCUT2D eigenvalue weighted by Crippen LogP contribution is 2.35. The number of aromatic hydroxyl groups is 1. The highest BCUT2D eigenvalue weighted by atomic mass is 16.4. The molecule has 0 bridgehead atoms. The van der Waals surface area contributed by atoms with Gasteiger partial charge < -0.3 is 14.5 Å². The van der Waals surface area contributed by atoms with Crippen molar-refractivity contribution in [1.29, 1.82) is 0 Å². The molecule has 5 heteroatoms. The van der Waals surface area contributed by atoms with Gasteiger partial charge in [-0.15, -0.1) is 0 Å². The zero-order chi connectivity index (χ0) is 17.7. The molecular formula is C21H20N2O3. The van der Waals surface area contributed by atoms with E-state index in [0.29, 0.717) is 17.5 Å². The largest absolute Gasteiger partial charge is 0.508 e. The van der Waals surface area contributed by atoms with Crippen LogP contribution >= 0.6 is 0 Å². The molecule has 1 aliphatic rings.